The van der Waals surface area contributed by atoms with E-state index < -0.39 is 8.80 Å². The van der Waals surface area contributed by atoms with Gasteiger partial charge in [-0.25, -0.2) is 0 Å². The van der Waals surface area contributed by atoms with Gasteiger partial charge in [0.05, 0.1) is 0 Å². The van der Waals surface area contributed by atoms with Crippen molar-refractivity contribution in [1.82, 2.24) is 0 Å². The van der Waals surface area contributed by atoms with Gasteiger partial charge in [0.25, 0.3) is 0 Å². The Morgan fingerprint density at radius 1 is 0.714 bits per heavy atom. The van der Waals surface area contributed by atoms with Crippen LogP contribution in [0.2, 0.25) is 5.04 Å². The highest BCUT2D eigenvalue weighted by atomic mass is 28.4. The lowest BCUT2D eigenvalue weighted by molar-refractivity contribution is 0.0649. The molecule has 0 aliphatic carbocycles. The van der Waals surface area contributed by atoms with E-state index >= 15 is 0 Å². The summed E-state index contributed by atoms with van der Waals surface area (Å²) in [6.07, 6.45) is 0. The average Bonchev–Trinajstić information content (AvgIpc) is 2.06. The molecule has 0 amide bonds. The Labute approximate surface area is 89.1 Å². The SMILES string of the molecule is CO[Si](OC)(OC)C(C)(C)C(C)(C)C. The van der Waals surface area contributed by atoms with Crippen molar-refractivity contribution in [1.29, 1.82) is 0 Å². The van der Waals surface area contributed by atoms with Crippen molar-refractivity contribution in [3.63, 3.8) is 0 Å². The normalized spacial score (nSPS) is 14.6. The second-order valence-electron chi connectivity index (χ2n) is 5.04. The summed E-state index contributed by atoms with van der Waals surface area (Å²) >= 11 is 0. The third-order valence-corrected chi connectivity index (χ3v) is 7.34. The van der Waals surface area contributed by atoms with Gasteiger partial charge in [-0.3, -0.25) is 0 Å². The van der Waals surface area contributed by atoms with E-state index in [1.54, 1.807) is 21.3 Å². The molecule has 4 heteroatoms. The number of hydrogen-bond acceptors (Lipinski definition) is 3. The first-order chi connectivity index (χ1) is 6.18. The van der Waals surface area contributed by atoms with Gasteiger partial charge in [0.2, 0.25) is 0 Å². The molecule has 0 aromatic heterocycles. The highest BCUT2D eigenvalue weighted by Gasteiger charge is 2.59. The van der Waals surface area contributed by atoms with Gasteiger partial charge in [0.15, 0.2) is 0 Å². The van der Waals surface area contributed by atoms with Crippen LogP contribution < -0.4 is 0 Å². The molecule has 0 N–H and O–H groups in total. The largest absolute Gasteiger partial charge is 0.506 e. The molecule has 0 atom stereocenters. The minimum atomic E-state index is -2.58. The summed E-state index contributed by atoms with van der Waals surface area (Å²) in [6, 6.07) is 0. The van der Waals surface area contributed by atoms with Crippen molar-refractivity contribution in [2.45, 2.75) is 39.7 Å². The number of hydrogen-bond donors (Lipinski definition) is 0. The molecule has 0 aromatic carbocycles. The van der Waals surface area contributed by atoms with Gasteiger partial charge >= 0.3 is 8.80 Å². The molecule has 3 nitrogen and oxygen atoms in total. The van der Waals surface area contributed by atoms with Crippen molar-refractivity contribution < 1.29 is 13.3 Å². The van der Waals surface area contributed by atoms with Gasteiger partial charge in [0, 0.05) is 26.4 Å². The minimum Gasteiger partial charge on any atom is -0.377 e. The molecule has 0 aromatic rings. The topological polar surface area (TPSA) is 27.7 Å². The molecule has 0 bridgehead atoms. The van der Waals surface area contributed by atoms with Gasteiger partial charge < -0.3 is 13.3 Å². The Balaban J connectivity index is 5.19. The maximum absolute atomic E-state index is 5.52. The third kappa shape index (κ3) is 2.03. The molecule has 0 spiro atoms. The van der Waals surface area contributed by atoms with Crippen LogP contribution in [0.3, 0.4) is 0 Å². The summed E-state index contributed by atoms with van der Waals surface area (Å²) in [5.74, 6) is 0. The molecule has 0 radical (unpaired) electrons. The van der Waals surface area contributed by atoms with Crippen LogP contribution in [-0.2, 0) is 13.3 Å². The minimum absolute atomic E-state index is 0.0707. The van der Waals surface area contributed by atoms with Gasteiger partial charge in [-0.1, -0.05) is 34.6 Å². The fourth-order valence-corrected chi connectivity index (χ4v) is 4.42. The van der Waals surface area contributed by atoms with Crippen LogP contribution in [0.15, 0.2) is 0 Å². The van der Waals surface area contributed by atoms with Crippen molar-refractivity contribution in [2.24, 2.45) is 5.41 Å². The maximum Gasteiger partial charge on any atom is 0.506 e. The first kappa shape index (κ1) is 14.1. The standard InChI is InChI=1S/C10H24O3Si/c1-9(2,3)10(4,5)14(11-6,12-7)13-8/h1-8H3. The summed E-state index contributed by atoms with van der Waals surface area (Å²) in [6.45, 7) is 10.8. The summed E-state index contributed by atoms with van der Waals surface area (Å²) in [5.41, 5.74) is 0.0707. The van der Waals surface area contributed by atoms with Crippen molar-refractivity contribution >= 4 is 8.80 Å². The monoisotopic (exact) mass is 220 g/mol. The molecule has 86 valence electrons. The van der Waals surface area contributed by atoms with Crippen molar-refractivity contribution in [2.75, 3.05) is 21.3 Å². The molecule has 14 heavy (non-hydrogen) atoms. The zero-order valence-corrected chi connectivity index (χ0v) is 11.7. The molecule has 0 aliphatic heterocycles. The van der Waals surface area contributed by atoms with Crippen LogP contribution in [0.1, 0.15) is 34.6 Å². The molecule has 0 rings (SSSR count). The fraction of sp³-hybridized carbons (Fsp3) is 1.00. The van der Waals surface area contributed by atoms with E-state index in [-0.39, 0.29) is 10.5 Å². The first-order valence-electron chi connectivity index (χ1n) is 4.84. The van der Waals surface area contributed by atoms with E-state index in [2.05, 4.69) is 34.6 Å². The average molecular weight is 220 g/mol. The summed E-state index contributed by atoms with van der Waals surface area (Å²) in [4.78, 5) is 0. The third-order valence-electron chi connectivity index (χ3n) is 3.45. The van der Waals surface area contributed by atoms with Crippen LogP contribution >= 0.6 is 0 Å². The van der Waals surface area contributed by atoms with Gasteiger partial charge in [0.1, 0.15) is 0 Å². The summed E-state index contributed by atoms with van der Waals surface area (Å²) in [7, 11) is 2.40. The second kappa shape index (κ2) is 4.31. The Morgan fingerprint density at radius 2 is 1.00 bits per heavy atom. The van der Waals surface area contributed by atoms with Crippen LogP contribution in [0.4, 0.5) is 0 Å². The lowest BCUT2D eigenvalue weighted by Crippen LogP contribution is -2.56. The Bertz CT molecular complexity index is 172. The lowest BCUT2D eigenvalue weighted by Gasteiger charge is -2.46. The zero-order chi connectivity index (χ0) is 11.6. The first-order valence-corrected chi connectivity index (χ1v) is 6.56. The molecular weight excluding hydrogens is 196 g/mol. The van der Waals surface area contributed by atoms with Crippen molar-refractivity contribution in [3.05, 3.63) is 0 Å². The zero-order valence-electron chi connectivity index (χ0n) is 10.7. The quantitative estimate of drug-likeness (QED) is 0.682. The highest BCUT2D eigenvalue weighted by molar-refractivity contribution is 6.64. The summed E-state index contributed by atoms with van der Waals surface area (Å²) in [5, 5.41) is -0.127. The molecule has 0 aliphatic rings. The van der Waals surface area contributed by atoms with Crippen LogP contribution in [0, 0.1) is 5.41 Å². The molecule has 0 saturated heterocycles. The van der Waals surface area contributed by atoms with E-state index in [0.717, 1.165) is 0 Å². The molecule has 0 fully saturated rings. The smallest absolute Gasteiger partial charge is 0.377 e. The molecule has 0 unspecified atom stereocenters. The van der Waals surface area contributed by atoms with Gasteiger partial charge in [-0.05, 0) is 5.41 Å². The van der Waals surface area contributed by atoms with Gasteiger partial charge in [-0.2, -0.15) is 0 Å². The van der Waals surface area contributed by atoms with E-state index in [9.17, 15) is 0 Å². The fourth-order valence-electron chi connectivity index (χ4n) is 1.47. The van der Waals surface area contributed by atoms with Crippen LogP contribution in [0.25, 0.3) is 0 Å². The predicted molar refractivity (Wildman–Crippen MR) is 60.3 cm³/mol. The molecule has 0 heterocycles. The Morgan fingerprint density at radius 3 is 1.07 bits per heavy atom. The van der Waals surface area contributed by atoms with Crippen LogP contribution in [0.5, 0.6) is 0 Å². The van der Waals surface area contributed by atoms with Crippen LogP contribution in [-0.4, -0.2) is 30.1 Å². The maximum atomic E-state index is 5.52. The number of rotatable bonds is 4. The molecule has 0 saturated carbocycles. The predicted octanol–water partition coefficient (Wildman–Crippen LogP) is 2.69. The lowest BCUT2D eigenvalue weighted by atomic mass is 9.82. The van der Waals surface area contributed by atoms with Crippen molar-refractivity contribution in [3.8, 4) is 0 Å². The summed E-state index contributed by atoms with van der Waals surface area (Å²) < 4.78 is 16.6. The van der Waals surface area contributed by atoms with E-state index in [0.29, 0.717) is 0 Å². The highest BCUT2D eigenvalue weighted by Crippen LogP contribution is 2.52. The van der Waals surface area contributed by atoms with Gasteiger partial charge in [-0.15, -0.1) is 0 Å². The van der Waals surface area contributed by atoms with E-state index in [4.69, 9.17) is 13.3 Å². The van der Waals surface area contributed by atoms with E-state index in [1.807, 2.05) is 0 Å². The Kier molecular flexibility index (Phi) is 4.34. The molecular formula is C10H24O3Si. The second-order valence-corrected chi connectivity index (χ2v) is 8.63. The Hall–Kier alpha value is 0.0969. The van der Waals surface area contributed by atoms with E-state index in [1.165, 1.54) is 0 Å².